The third kappa shape index (κ3) is 6.41. The molecule has 204 valence electrons. The van der Waals surface area contributed by atoms with Gasteiger partial charge < -0.3 is 4.74 Å². The lowest BCUT2D eigenvalue weighted by Crippen LogP contribution is -2.25. The SMILES string of the molecule is CCCc1ccc(CCC(F)(F)Oc2ccc(-c3ccc(-c4ccc(F)c(F)c4)c(F)c3)c(F)c2)c(F)c1F. The van der Waals surface area contributed by atoms with E-state index in [4.69, 9.17) is 0 Å². The van der Waals surface area contributed by atoms with Crippen LogP contribution in [-0.2, 0) is 12.8 Å². The van der Waals surface area contributed by atoms with E-state index in [1.54, 1.807) is 6.92 Å². The molecule has 0 spiro atoms. The molecule has 0 unspecified atom stereocenters. The average Bonchev–Trinajstić information content (AvgIpc) is 2.88. The third-order valence-corrected chi connectivity index (χ3v) is 6.17. The fourth-order valence-corrected chi connectivity index (χ4v) is 4.16. The Labute approximate surface area is 219 Å². The van der Waals surface area contributed by atoms with Gasteiger partial charge in [-0.1, -0.05) is 43.7 Å². The van der Waals surface area contributed by atoms with E-state index < -0.39 is 59.6 Å². The van der Waals surface area contributed by atoms with Crippen molar-refractivity contribution in [1.82, 2.24) is 0 Å². The predicted molar refractivity (Wildman–Crippen MR) is 131 cm³/mol. The quantitative estimate of drug-likeness (QED) is 0.189. The Bertz CT molecular complexity index is 1500. The molecular weight excluding hydrogens is 528 g/mol. The summed E-state index contributed by atoms with van der Waals surface area (Å²) in [5.74, 6) is -6.84. The fourth-order valence-electron chi connectivity index (χ4n) is 4.16. The van der Waals surface area contributed by atoms with Gasteiger partial charge in [0.2, 0.25) is 0 Å². The van der Waals surface area contributed by atoms with Crippen molar-refractivity contribution < 1.29 is 39.9 Å². The molecule has 0 N–H and O–H groups in total. The minimum absolute atomic E-state index is 0.0472. The zero-order chi connectivity index (χ0) is 28.3. The minimum Gasteiger partial charge on any atom is -0.432 e. The molecule has 4 aromatic rings. The van der Waals surface area contributed by atoms with Crippen LogP contribution in [0.25, 0.3) is 22.3 Å². The molecule has 0 saturated heterocycles. The van der Waals surface area contributed by atoms with Crippen molar-refractivity contribution >= 4 is 0 Å². The second kappa shape index (κ2) is 11.5. The molecule has 4 aromatic carbocycles. The minimum atomic E-state index is -3.82. The van der Waals surface area contributed by atoms with Crippen molar-refractivity contribution in [2.75, 3.05) is 0 Å². The second-order valence-corrected chi connectivity index (χ2v) is 8.97. The molecule has 0 bridgehead atoms. The molecule has 0 saturated carbocycles. The number of benzene rings is 4. The first-order chi connectivity index (χ1) is 18.5. The van der Waals surface area contributed by atoms with Crippen LogP contribution < -0.4 is 4.74 Å². The Morgan fingerprint density at radius 2 is 1.13 bits per heavy atom. The summed E-state index contributed by atoms with van der Waals surface area (Å²) in [5.41, 5.74) is -0.0927. The number of hydrogen-bond acceptors (Lipinski definition) is 1. The first kappa shape index (κ1) is 28.1. The van der Waals surface area contributed by atoms with Crippen molar-refractivity contribution in [1.29, 1.82) is 0 Å². The summed E-state index contributed by atoms with van der Waals surface area (Å²) in [6.07, 6.45) is -4.43. The van der Waals surface area contributed by atoms with Gasteiger partial charge in [-0.2, -0.15) is 8.78 Å². The van der Waals surface area contributed by atoms with Crippen LogP contribution >= 0.6 is 0 Å². The second-order valence-electron chi connectivity index (χ2n) is 8.97. The van der Waals surface area contributed by atoms with Gasteiger partial charge >= 0.3 is 6.11 Å². The molecule has 0 heterocycles. The molecule has 0 amide bonds. The van der Waals surface area contributed by atoms with E-state index in [9.17, 15) is 35.1 Å². The van der Waals surface area contributed by atoms with Crippen molar-refractivity contribution in [3.05, 3.63) is 113 Å². The van der Waals surface area contributed by atoms with E-state index in [0.29, 0.717) is 18.9 Å². The molecule has 0 atom stereocenters. The van der Waals surface area contributed by atoms with Crippen LogP contribution in [0.4, 0.5) is 35.1 Å². The van der Waals surface area contributed by atoms with Gasteiger partial charge in [0.1, 0.15) is 17.4 Å². The highest BCUT2D eigenvalue weighted by molar-refractivity contribution is 5.71. The van der Waals surface area contributed by atoms with Crippen molar-refractivity contribution in [3.8, 4) is 28.0 Å². The standard InChI is InChI=1S/C30H22F8O/c1-2-3-17-4-5-18(29(36)28(17)35)12-13-30(37,38)39-21-8-10-23(26(33)16-21)19-6-9-22(25(32)14-19)20-7-11-24(31)27(34)15-20/h4-11,14-16H,2-3,12-13H2,1H3. The number of hydrogen-bond donors (Lipinski definition) is 0. The summed E-state index contributed by atoms with van der Waals surface area (Å²) in [6.45, 7) is 1.80. The van der Waals surface area contributed by atoms with E-state index in [-0.39, 0.29) is 33.4 Å². The molecule has 0 radical (unpaired) electrons. The van der Waals surface area contributed by atoms with Crippen molar-refractivity contribution in [3.63, 3.8) is 0 Å². The van der Waals surface area contributed by atoms with Gasteiger partial charge in [-0.25, -0.2) is 26.3 Å². The number of rotatable bonds is 9. The van der Waals surface area contributed by atoms with Crippen LogP contribution in [0.2, 0.25) is 0 Å². The third-order valence-electron chi connectivity index (χ3n) is 6.17. The van der Waals surface area contributed by atoms with Crippen LogP contribution in [0.3, 0.4) is 0 Å². The Morgan fingerprint density at radius 1 is 0.590 bits per heavy atom. The lowest BCUT2D eigenvalue weighted by atomic mass is 9.99. The molecule has 4 rings (SSSR count). The van der Waals surface area contributed by atoms with Gasteiger partial charge in [0.15, 0.2) is 23.3 Å². The molecule has 0 aliphatic rings. The smallest absolute Gasteiger partial charge is 0.398 e. The molecule has 39 heavy (non-hydrogen) atoms. The molecular formula is C30H22F8O. The summed E-state index contributed by atoms with van der Waals surface area (Å²) in [6, 6.07) is 11.9. The van der Waals surface area contributed by atoms with Crippen LogP contribution in [0, 0.1) is 34.9 Å². The number of aryl methyl sites for hydroxylation is 2. The van der Waals surface area contributed by atoms with Gasteiger partial charge in [-0.15, -0.1) is 0 Å². The maximum Gasteiger partial charge on any atom is 0.398 e. The summed E-state index contributed by atoms with van der Waals surface area (Å²) >= 11 is 0. The maximum atomic E-state index is 14.8. The molecule has 0 aliphatic heterocycles. The summed E-state index contributed by atoms with van der Waals surface area (Å²) in [4.78, 5) is 0. The Hall–Kier alpha value is -3.88. The molecule has 0 aliphatic carbocycles. The van der Waals surface area contributed by atoms with Gasteiger partial charge in [0, 0.05) is 17.2 Å². The van der Waals surface area contributed by atoms with E-state index >= 15 is 0 Å². The van der Waals surface area contributed by atoms with Crippen LogP contribution in [0.1, 0.15) is 30.9 Å². The Morgan fingerprint density at radius 3 is 1.69 bits per heavy atom. The zero-order valence-corrected chi connectivity index (χ0v) is 20.6. The highest BCUT2D eigenvalue weighted by Gasteiger charge is 2.32. The van der Waals surface area contributed by atoms with E-state index in [0.717, 1.165) is 30.3 Å². The maximum absolute atomic E-state index is 14.8. The van der Waals surface area contributed by atoms with E-state index in [1.807, 2.05) is 0 Å². The lowest BCUT2D eigenvalue weighted by Gasteiger charge is -2.19. The van der Waals surface area contributed by atoms with Crippen LogP contribution in [0.5, 0.6) is 5.75 Å². The van der Waals surface area contributed by atoms with Gasteiger partial charge in [-0.3, -0.25) is 0 Å². The average molecular weight is 550 g/mol. The van der Waals surface area contributed by atoms with Crippen molar-refractivity contribution in [2.45, 2.75) is 38.7 Å². The van der Waals surface area contributed by atoms with Gasteiger partial charge in [0.25, 0.3) is 0 Å². The normalized spacial score (nSPS) is 11.6. The Balaban J connectivity index is 1.47. The molecule has 9 heteroatoms. The highest BCUT2D eigenvalue weighted by atomic mass is 19.3. The van der Waals surface area contributed by atoms with Crippen molar-refractivity contribution in [2.24, 2.45) is 0 Å². The fraction of sp³-hybridized carbons (Fsp3) is 0.200. The topological polar surface area (TPSA) is 9.23 Å². The first-order valence-corrected chi connectivity index (χ1v) is 12.1. The zero-order valence-electron chi connectivity index (χ0n) is 20.6. The van der Waals surface area contributed by atoms with Gasteiger partial charge in [-0.05, 0) is 65.4 Å². The van der Waals surface area contributed by atoms with Crippen LogP contribution in [-0.4, -0.2) is 6.11 Å². The lowest BCUT2D eigenvalue weighted by molar-refractivity contribution is -0.180. The summed E-state index contributed by atoms with van der Waals surface area (Å²) in [7, 11) is 0. The predicted octanol–water partition coefficient (Wildman–Crippen LogP) is 9.41. The molecule has 0 aromatic heterocycles. The summed E-state index contributed by atoms with van der Waals surface area (Å²) in [5, 5.41) is 0. The molecule has 1 nitrogen and oxygen atoms in total. The summed E-state index contributed by atoms with van der Waals surface area (Å²) < 4.78 is 118. The first-order valence-electron chi connectivity index (χ1n) is 12.1. The highest BCUT2D eigenvalue weighted by Crippen LogP contribution is 2.33. The Kier molecular flexibility index (Phi) is 8.28. The van der Waals surface area contributed by atoms with E-state index in [2.05, 4.69) is 4.74 Å². The van der Waals surface area contributed by atoms with E-state index in [1.165, 1.54) is 30.3 Å². The van der Waals surface area contributed by atoms with Gasteiger partial charge in [0.05, 0.1) is 6.42 Å². The molecule has 0 fully saturated rings. The monoisotopic (exact) mass is 550 g/mol. The largest absolute Gasteiger partial charge is 0.432 e. The van der Waals surface area contributed by atoms with Crippen LogP contribution in [0.15, 0.2) is 66.7 Å². The number of alkyl halides is 2. The number of halogens is 8. The number of ether oxygens (including phenoxy) is 1.